The van der Waals surface area contributed by atoms with E-state index < -0.39 is 0 Å². The monoisotopic (exact) mass is 485 g/mol. The maximum absolute atomic E-state index is 13.9. The van der Waals surface area contributed by atoms with Crippen molar-refractivity contribution in [3.05, 3.63) is 64.3 Å². The van der Waals surface area contributed by atoms with Gasteiger partial charge in [-0.2, -0.15) is 10.1 Å². The Morgan fingerprint density at radius 1 is 1.19 bits per heavy atom. The summed E-state index contributed by atoms with van der Waals surface area (Å²) in [6.45, 7) is 6.61. The molecule has 0 aliphatic heterocycles. The molecule has 0 radical (unpaired) electrons. The first-order valence-corrected chi connectivity index (χ1v) is 10.4. The zero-order valence-electron chi connectivity index (χ0n) is 17.2. The third-order valence-electron chi connectivity index (χ3n) is 4.51. The van der Waals surface area contributed by atoms with Crippen LogP contribution in [0.1, 0.15) is 32.2 Å². The van der Waals surface area contributed by atoms with Gasteiger partial charge < -0.3 is 15.2 Å². The molecule has 4 rings (SSSR count). The summed E-state index contributed by atoms with van der Waals surface area (Å²) in [7, 11) is 0. The maximum atomic E-state index is 13.9. The number of aromatic nitrogens is 5. The molecule has 8 nitrogen and oxygen atoms in total. The summed E-state index contributed by atoms with van der Waals surface area (Å²) in [5.74, 6) is 1.78. The molecule has 0 saturated carbocycles. The second-order valence-corrected chi connectivity index (χ2v) is 8.80. The molecule has 4 aromatic rings. The van der Waals surface area contributed by atoms with Crippen molar-refractivity contribution in [3.63, 3.8) is 0 Å². The van der Waals surface area contributed by atoms with Gasteiger partial charge in [-0.05, 0) is 28.1 Å². The Labute approximate surface area is 186 Å². The van der Waals surface area contributed by atoms with Gasteiger partial charge in [0, 0.05) is 35.0 Å². The maximum Gasteiger partial charge on any atom is 0.225 e. The average Bonchev–Trinajstić information content (AvgIpc) is 3.38. The number of H-pyrrole nitrogens is 1. The smallest absolute Gasteiger partial charge is 0.225 e. The quantitative estimate of drug-likeness (QED) is 0.335. The van der Waals surface area contributed by atoms with E-state index in [9.17, 15) is 4.39 Å². The fourth-order valence-electron chi connectivity index (χ4n) is 2.79. The lowest BCUT2D eigenvalue weighted by Gasteiger charge is -2.14. The van der Waals surface area contributed by atoms with Crippen LogP contribution in [0.25, 0.3) is 11.3 Å². The molecule has 3 N–H and O–H groups in total. The highest BCUT2D eigenvalue weighted by atomic mass is 79.9. The van der Waals surface area contributed by atoms with Gasteiger partial charge in [-0.25, -0.2) is 9.37 Å². The first kappa shape index (κ1) is 21.0. The molecule has 31 heavy (non-hydrogen) atoms. The van der Waals surface area contributed by atoms with Crippen molar-refractivity contribution in [1.82, 2.24) is 25.3 Å². The van der Waals surface area contributed by atoms with Gasteiger partial charge in [0.25, 0.3) is 0 Å². The lowest BCUT2D eigenvalue weighted by Crippen LogP contribution is -2.11. The zero-order chi connectivity index (χ0) is 22.0. The van der Waals surface area contributed by atoms with E-state index in [1.807, 2.05) is 6.07 Å². The minimum absolute atomic E-state index is 0.0405. The van der Waals surface area contributed by atoms with Gasteiger partial charge in [-0.15, -0.1) is 0 Å². The van der Waals surface area contributed by atoms with Crippen LogP contribution in [0.2, 0.25) is 0 Å². The Balaban J connectivity index is 1.44. The van der Waals surface area contributed by atoms with E-state index in [1.54, 1.807) is 30.5 Å². The van der Waals surface area contributed by atoms with E-state index in [4.69, 9.17) is 4.52 Å². The van der Waals surface area contributed by atoms with Crippen molar-refractivity contribution in [1.29, 1.82) is 0 Å². The summed E-state index contributed by atoms with van der Waals surface area (Å²) in [6.07, 6.45) is 1.64. The van der Waals surface area contributed by atoms with E-state index in [0.717, 1.165) is 5.69 Å². The van der Waals surface area contributed by atoms with Gasteiger partial charge in [-0.1, -0.05) is 38.1 Å². The van der Waals surface area contributed by atoms with Gasteiger partial charge >= 0.3 is 0 Å². The van der Waals surface area contributed by atoms with E-state index in [2.05, 4.69) is 72.7 Å². The van der Waals surface area contributed by atoms with Crippen LogP contribution >= 0.6 is 15.9 Å². The number of halogens is 2. The second kappa shape index (κ2) is 8.46. The second-order valence-electron chi connectivity index (χ2n) is 7.94. The Bertz CT molecular complexity index is 1200. The number of benzene rings is 1. The largest absolute Gasteiger partial charge is 0.359 e. The van der Waals surface area contributed by atoms with Crippen molar-refractivity contribution in [2.75, 3.05) is 10.6 Å². The minimum atomic E-state index is -0.352. The molecule has 0 fully saturated rings. The van der Waals surface area contributed by atoms with Crippen LogP contribution in [0.15, 0.2) is 51.6 Å². The van der Waals surface area contributed by atoms with E-state index >= 15 is 0 Å². The predicted octanol–water partition coefficient (Wildman–Crippen LogP) is 5.41. The van der Waals surface area contributed by atoms with Gasteiger partial charge in [0.1, 0.15) is 11.5 Å². The average molecular weight is 486 g/mol. The molecule has 0 spiro atoms. The fourth-order valence-corrected chi connectivity index (χ4v) is 3.08. The summed E-state index contributed by atoms with van der Waals surface area (Å²) in [5, 5.41) is 17.5. The first-order chi connectivity index (χ1) is 14.8. The Kier molecular flexibility index (Phi) is 5.73. The third kappa shape index (κ3) is 4.91. The van der Waals surface area contributed by atoms with Crippen LogP contribution in [-0.4, -0.2) is 25.3 Å². The molecule has 0 aliphatic rings. The minimum Gasteiger partial charge on any atom is -0.359 e. The number of anilines is 3. The molecule has 0 saturated heterocycles. The van der Waals surface area contributed by atoms with Crippen LogP contribution in [0.5, 0.6) is 0 Å². The lowest BCUT2D eigenvalue weighted by molar-refractivity contribution is 0.389. The normalized spacial score (nSPS) is 11.5. The number of nitrogens with one attached hydrogen (secondary N) is 3. The van der Waals surface area contributed by atoms with Gasteiger partial charge in [-0.3, -0.25) is 5.10 Å². The summed E-state index contributed by atoms with van der Waals surface area (Å²) in [4.78, 5) is 8.74. The zero-order valence-corrected chi connectivity index (χ0v) is 18.8. The van der Waals surface area contributed by atoms with Crippen molar-refractivity contribution in [3.8, 4) is 11.3 Å². The van der Waals surface area contributed by atoms with E-state index in [-0.39, 0.29) is 11.2 Å². The Morgan fingerprint density at radius 2 is 2.00 bits per heavy atom. The molecule has 0 unspecified atom stereocenters. The van der Waals surface area contributed by atoms with Crippen molar-refractivity contribution in [2.45, 2.75) is 32.7 Å². The summed E-state index contributed by atoms with van der Waals surface area (Å²) in [6, 6.07) is 10.0. The molecule has 0 atom stereocenters. The fraction of sp³-hybridized carbons (Fsp3) is 0.238. The Morgan fingerprint density at radius 3 is 2.74 bits per heavy atom. The first-order valence-electron chi connectivity index (χ1n) is 9.59. The predicted molar refractivity (Wildman–Crippen MR) is 120 cm³/mol. The van der Waals surface area contributed by atoms with Gasteiger partial charge in [0.05, 0.1) is 11.0 Å². The molecule has 3 aromatic heterocycles. The van der Waals surface area contributed by atoms with Crippen LogP contribution in [0.4, 0.5) is 22.0 Å². The molecule has 0 aliphatic carbocycles. The summed E-state index contributed by atoms with van der Waals surface area (Å²) < 4.78 is 19.9. The highest BCUT2D eigenvalue weighted by molar-refractivity contribution is 9.10. The third-order valence-corrected chi connectivity index (χ3v) is 5.09. The van der Waals surface area contributed by atoms with Crippen molar-refractivity contribution >= 4 is 33.5 Å². The van der Waals surface area contributed by atoms with Crippen molar-refractivity contribution in [2.24, 2.45) is 0 Å². The van der Waals surface area contributed by atoms with Crippen LogP contribution in [0, 0.1) is 5.82 Å². The number of hydrogen-bond acceptors (Lipinski definition) is 7. The number of aromatic amines is 1. The number of hydrogen-bond donors (Lipinski definition) is 3. The van der Waals surface area contributed by atoms with Crippen LogP contribution < -0.4 is 10.6 Å². The molecule has 1 aromatic carbocycles. The van der Waals surface area contributed by atoms with E-state index in [1.165, 1.54) is 6.07 Å². The molecule has 10 heteroatoms. The van der Waals surface area contributed by atoms with Gasteiger partial charge in [0.15, 0.2) is 17.4 Å². The van der Waals surface area contributed by atoms with Crippen molar-refractivity contribution < 1.29 is 8.91 Å². The number of rotatable bonds is 6. The summed E-state index contributed by atoms with van der Waals surface area (Å²) in [5.41, 5.74) is 1.79. The molecule has 0 amide bonds. The number of nitrogens with zero attached hydrogens (tertiary/aromatic N) is 4. The standard InChI is InChI=1S/C21H21BrFN7O/c1-21(2,3)17-9-18(29-28-17)26-19-14(22)11-25-20(27-19)24-10-12-8-16(30-31-12)13-6-4-5-7-15(13)23/h4-9,11H,10H2,1-3H3,(H3,24,25,26,27,28,29). The highest BCUT2D eigenvalue weighted by Gasteiger charge is 2.17. The van der Waals surface area contributed by atoms with Crippen LogP contribution in [-0.2, 0) is 12.0 Å². The molecular formula is C21H21BrFN7O. The SMILES string of the molecule is CC(C)(C)c1cc(Nc2nc(NCc3cc(-c4ccccc4F)no3)ncc2Br)n[nH]1. The van der Waals surface area contributed by atoms with Crippen LogP contribution in [0.3, 0.4) is 0 Å². The lowest BCUT2D eigenvalue weighted by atomic mass is 9.92. The summed E-state index contributed by atoms with van der Waals surface area (Å²) >= 11 is 3.45. The molecule has 160 valence electrons. The molecule has 0 bridgehead atoms. The topological polar surface area (TPSA) is 105 Å². The Hall–Kier alpha value is -3.27. The van der Waals surface area contributed by atoms with E-state index in [0.29, 0.717) is 45.6 Å². The molecular weight excluding hydrogens is 465 g/mol. The molecule has 3 heterocycles. The van der Waals surface area contributed by atoms with Gasteiger partial charge in [0.2, 0.25) is 5.95 Å². The highest BCUT2D eigenvalue weighted by Crippen LogP contribution is 2.27.